The smallest absolute Gasteiger partial charge is 0.212 e. The highest BCUT2D eigenvalue weighted by Crippen LogP contribution is 2.23. The second kappa shape index (κ2) is 4.75. The third-order valence-corrected chi connectivity index (χ3v) is 5.21. The second-order valence-corrected chi connectivity index (χ2v) is 6.87. The number of rotatable bonds is 3. The van der Waals surface area contributed by atoms with Gasteiger partial charge in [-0.05, 0) is 18.8 Å². The predicted octanol–water partition coefficient (Wildman–Crippen LogP) is 1.84. The predicted molar refractivity (Wildman–Crippen MR) is 57.3 cm³/mol. The van der Waals surface area contributed by atoms with Crippen molar-refractivity contribution in [2.75, 3.05) is 4.66 Å². The first-order chi connectivity index (χ1) is 6.03. The molecule has 0 saturated heterocycles. The van der Waals surface area contributed by atoms with Crippen molar-refractivity contribution in [2.24, 2.45) is 5.92 Å². The Balaban J connectivity index is 2.45. The van der Waals surface area contributed by atoms with Gasteiger partial charge in [0.2, 0.25) is 10.0 Å². The van der Waals surface area contributed by atoms with Gasteiger partial charge in [0.25, 0.3) is 0 Å². The SMILES string of the molecule is CC1CCCC(NS(=O)(=O)CBr)C1. The molecule has 2 atom stereocenters. The Kier molecular flexibility index (Phi) is 4.19. The van der Waals surface area contributed by atoms with Gasteiger partial charge in [0, 0.05) is 6.04 Å². The Labute approximate surface area is 88.5 Å². The van der Waals surface area contributed by atoms with E-state index in [0.717, 1.165) is 19.3 Å². The van der Waals surface area contributed by atoms with Crippen LogP contribution in [0.25, 0.3) is 0 Å². The molecule has 78 valence electrons. The van der Waals surface area contributed by atoms with E-state index in [4.69, 9.17) is 0 Å². The van der Waals surface area contributed by atoms with Crippen LogP contribution in [-0.2, 0) is 10.0 Å². The maximum atomic E-state index is 11.2. The van der Waals surface area contributed by atoms with Gasteiger partial charge < -0.3 is 0 Å². The molecule has 3 nitrogen and oxygen atoms in total. The summed E-state index contributed by atoms with van der Waals surface area (Å²) < 4.78 is 25.1. The van der Waals surface area contributed by atoms with Crippen LogP contribution in [0.3, 0.4) is 0 Å². The largest absolute Gasteiger partial charge is 0.221 e. The summed E-state index contributed by atoms with van der Waals surface area (Å²) in [5, 5.41) is 0. The molecule has 0 spiro atoms. The van der Waals surface area contributed by atoms with Crippen LogP contribution in [0.5, 0.6) is 0 Å². The first kappa shape index (κ1) is 11.5. The van der Waals surface area contributed by atoms with Crippen LogP contribution in [0, 0.1) is 5.92 Å². The van der Waals surface area contributed by atoms with Gasteiger partial charge in [0.15, 0.2) is 0 Å². The summed E-state index contributed by atoms with van der Waals surface area (Å²) in [7, 11) is -3.08. The van der Waals surface area contributed by atoms with E-state index in [1.807, 2.05) is 0 Å². The Morgan fingerprint density at radius 3 is 2.69 bits per heavy atom. The van der Waals surface area contributed by atoms with E-state index < -0.39 is 10.0 Å². The van der Waals surface area contributed by atoms with Gasteiger partial charge in [-0.25, -0.2) is 13.1 Å². The van der Waals surface area contributed by atoms with Crippen molar-refractivity contribution in [1.82, 2.24) is 4.72 Å². The number of sulfonamides is 1. The average molecular weight is 270 g/mol. The van der Waals surface area contributed by atoms with Crippen molar-refractivity contribution < 1.29 is 8.42 Å². The first-order valence-electron chi connectivity index (χ1n) is 4.59. The fourth-order valence-corrected chi connectivity index (χ4v) is 3.01. The lowest BCUT2D eigenvalue weighted by atomic mass is 9.88. The van der Waals surface area contributed by atoms with Crippen molar-refractivity contribution in [1.29, 1.82) is 0 Å². The molecule has 1 aliphatic rings. The zero-order valence-electron chi connectivity index (χ0n) is 7.79. The molecule has 0 heterocycles. The van der Waals surface area contributed by atoms with Gasteiger partial charge in [0.1, 0.15) is 4.66 Å². The lowest BCUT2D eigenvalue weighted by molar-refractivity contribution is 0.328. The average Bonchev–Trinajstić information content (AvgIpc) is 2.03. The minimum atomic E-state index is -3.08. The first-order valence-corrected chi connectivity index (χ1v) is 7.37. The van der Waals surface area contributed by atoms with Crippen molar-refractivity contribution in [3.63, 3.8) is 0 Å². The molecule has 1 aliphatic carbocycles. The summed E-state index contributed by atoms with van der Waals surface area (Å²) in [6.07, 6.45) is 4.33. The van der Waals surface area contributed by atoms with E-state index in [9.17, 15) is 8.42 Å². The van der Waals surface area contributed by atoms with Crippen molar-refractivity contribution >= 4 is 26.0 Å². The molecule has 0 aliphatic heterocycles. The minimum Gasteiger partial charge on any atom is -0.212 e. The zero-order chi connectivity index (χ0) is 9.90. The topological polar surface area (TPSA) is 46.2 Å². The fourth-order valence-electron chi connectivity index (χ4n) is 1.83. The van der Waals surface area contributed by atoms with Crippen molar-refractivity contribution in [2.45, 2.75) is 38.6 Å². The molecule has 2 unspecified atom stereocenters. The second-order valence-electron chi connectivity index (χ2n) is 3.81. The maximum absolute atomic E-state index is 11.2. The van der Waals surface area contributed by atoms with Crippen LogP contribution in [0.1, 0.15) is 32.6 Å². The van der Waals surface area contributed by atoms with E-state index in [2.05, 4.69) is 27.6 Å². The standard InChI is InChI=1S/C8H16BrNO2S/c1-7-3-2-4-8(5-7)10-13(11,12)6-9/h7-8,10H,2-6H2,1H3. The van der Waals surface area contributed by atoms with Crippen molar-refractivity contribution in [3.8, 4) is 0 Å². The number of nitrogens with one attached hydrogen (secondary N) is 1. The number of halogens is 1. The zero-order valence-corrected chi connectivity index (χ0v) is 10.2. The molecule has 13 heavy (non-hydrogen) atoms. The fraction of sp³-hybridized carbons (Fsp3) is 1.00. The van der Waals surface area contributed by atoms with Gasteiger partial charge in [-0.3, -0.25) is 0 Å². The van der Waals surface area contributed by atoms with Crippen LogP contribution in [0.15, 0.2) is 0 Å². The summed E-state index contributed by atoms with van der Waals surface area (Å²) in [4.78, 5) is 0. The van der Waals surface area contributed by atoms with Gasteiger partial charge in [0.05, 0.1) is 0 Å². The monoisotopic (exact) mass is 269 g/mol. The molecule has 0 aromatic rings. The van der Waals surface area contributed by atoms with Crippen LogP contribution in [0.2, 0.25) is 0 Å². The highest BCUT2D eigenvalue weighted by atomic mass is 79.9. The summed E-state index contributed by atoms with van der Waals surface area (Å²) in [6.45, 7) is 2.18. The molecule has 0 radical (unpaired) electrons. The summed E-state index contributed by atoms with van der Waals surface area (Å²) in [6, 6.07) is 0.159. The minimum absolute atomic E-state index is 0.00484. The summed E-state index contributed by atoms with van der Waals surface area (Å²) in [5.41, 5.74) is 0. The highest BCUT2D eigenvalue weighted by Gasteiger charge is 2.22. The molecule has 0 aromatic heterocycles. The number of hydrogen-bond acceptors (Lipinski definition) is 2. The van der Waals surface area contributed by atoms with Gasteiger partial charge >= 0.3 is 0 Å². The maximum Gasteiger partial charge on any atom is 0.221 e. The third-order valence-electron chi connectivity index (χ3n) is 2.43. The molecule has 1 fully saturated rings. The lowest BCUT2D eigenvalue weighted by Crippen LogP contribution is -2.38. The summed E-state index contributed by atoms with van der Waals surface area (Å²) in [5.74, 6) is 0.650. The van der Waals surface area contributed by atoms with Gasteiger partial charge in [-0.2, -0.15) is 0 Å². The lowest BCUT2D eigenvalue weighted by Gasteiger charge is -2.26. The van der Waals surface area contributed by atoms with E-state index in [0.29, 0.717) is 5.92 Å². The molecule has 1 saturated carbocycles. The Hall–Kier alpha value is 0.390. The number of alkyl halides is 1. The molecule has 0 bridgehead atoms. The van der Waals surface area contributed by atoms with Gasteiger partial charge in [-0.1, -0.05) is 35.7 Å². The Morgan fingerprint density at radius 1 is 1.46 bits per heavy atom. The highest BCUT2D eigenvalue weighted by molar-refractivity contribution is 9.10. The molecular weight excluding hydrogens is 254 g/mol. The molecule has 1 N–H and O–H groups in total. The Bertz CT molecular complexity index is 253. The molecule has 0 aromatic carbocycles. The van der Waals surface area contributed by atoms with E-state index in [-0.39, 0.29) is 10.7 Å². The summed E-state index contributed by atoms with van der Waals surface area (Å²) >= 11 is 2.96. The van der Waals surface area contributed by atoms with E-state index in [1.54, 1.807) is 0 Å². The van der Waals surface area contributed by atoms with Crippen LogP contribution >= 0.6 is 15.9 Å². The number of hydrogen-bond donors (Lipinski definition) is 1. The molecular formula is C8H16BrNO2S. The van der Waals surface area contributed by atoms with Crippen molar-refractivity contribution in [3.05, 3.63) is 0 Å². The van der Waals surface area contributed by atoms with E-state index in [1.165, 1.54) is 6.42 Å². The molecule has 5 heteroatoms. The van der Waals surface area contributed by atoms with Crippen LogP contribution in [-0.4, -0.2) is 19.1 Å². The van der Waals surface area contributed by atoms with Crippen LogP contribution < -0.4 is 4.72 Å². The quantitative estimate of drug-likeness (QED) is 0.795. The van der Waals surface area contributed by atoms with Crippen LogP contribution in [0.4, 0.5) is 0 Å². The third kappa shape index (κ3) is 3.95. The Morgan fingerprint density at radius 2 is 2.15 bits per heavy atom. The molecule has 0 amide bonds. The normalized spacial score (nSPS) is 30.3. The van der Waals surface area contributed by atoms with Gasteiger partial charge in [-0.15, -0.1) is 0 Å². The van der Waals surface area contributed by atoms with E-state index >= 15 is 0 Å². The molecule has 1 rings (SSSR count).